The Hall–Kier alpha value is -2.54. The average Bonchev–Trinajstić information content (AvgIpc) is 2.55. The predicted octanol–water partition coefficient (Wildman–Crippen LogP) is 3.83. The first kappa shape index (κ1) is 16.3. The highest BCUT2D eigenvalue weighted by Gasteiger charge is 2.34. The zero-order valence-electron chi connectivity index (χ0n) is 12.0. The summed E-state index contributed by atoms with van der Waals surface area (Å²) in [5.41, 5.74) is 2.42. The van der Waals surface area contributed by atoms with Gasteiger partial charge in [-0.1, -0.05) is 29.8 Å². The van der Waals surface area contributed by atoms with Gasteiger partial charge in [0.05, 0.1) is 5.56 Å². The SMILES string of the molecule is O=C1COC(c2ccc(-c3ccc(Cl)cc3C(F)(F)F)cc2)=NN1. The maximum Gasteiger partial charge on any atom is 0.417 e. The Kier molecular flexibility index (Phi) is 4.19. The number of carbonyl (C=O) groups excluding carboxylic acids is 1. The average molecular weight is 355 g/mol. The molecule has 1 aliphatic heterocycles. The lowest BCUT2D eigenvalue weighted by Crippen LogP contribution is -2.32. The van der Waals surface area contributed by atoms with E-state index in [4.69, 9.17) is 16.3 Å². The first-order valence-corrected chi connectivity index (χ1v) is 7.19. The Labute approximate surface area is 139 Å². The summed E-state index contributed by atoms with van der Waals surface area (Å²) in [7, 11) is 0. The number of hydrogen-bond donors (Lipinski definition) is 1. The summed E-state index contributed by atoms with van der Waals surface area (Å²) in [5.74, 6) is -0.167. The summed E-state index contributed by atoms with van der Waals surface area (Å²) >= 11 is 5.68. The number of rotatable bonds is 2. The molecule has 4 nitrogen and oxygen atoms in total. The molecule has 0 atom stereocenters. The van der Waals surface area contributed by atoms with Gasteiger partial charge in [0.15, 0.2) is 6.61 Å². The van der Waals surface area contributed by atoms with E-state index in [1.54, 1.807) is 12.1 Å². The van der Waals surface area contributed by atoms with Gasteiger partial charge in [0.25, 0.3) is 5.91 Å². The number of alkyl halides is 3. The molecule has 0 fully saturated rings. The van der Waals surface area contributed by atoms with Crippen LogP contribution in [0, 0.1) is 0 Å². The van der Waals surface area contributed by atoms with Crippen LogP contribution in [0.3, 0.4) is 0 Å². The molecule has 1 N–H and O–H groups in total. The van der Waals surface area contributed by atoms with Crippen molar-refractivity contribution < 1.29 is 22.7 Å². The van der Waals surface area contributed by atoms with Crippen LogP contribution in [-0.4, -0.2) is 18.4 Å². The number of amides is 1. The maximum atomic E-state index is 13.2. The normalized spacial score (nSPS) is 14.7. The quantitative estimate of drug-likeness (QED) is 0.891. The Morgan fingerprint density at radius 2 is 1.75 bits per heavy atom. The van der Waals surface area contributed by atoms with E-state index in [0.717, 1.165) is 6.07 Å². The summed E-state index contributed by atoms with van der Waals surface area (Å²) in [6.07, 6.45) is -4.51. The monoisotopic (exact) mass is 354 g/mol. The summed E-state index contributed by atoms with van der Waals surface area (Å²) < 4.78 is 44.7. The Morgan fingerprint density at radius 3 is 2.33 bits per heavy atom. The van der Waals surface area contributed by atoms with Crippen molar-refractivity contribution in [3.63, 3.8) is 0 Å². The van der Waals surface area contributed by atoms with E-state index in [1.807, 2.05) is 0 Å². The van der Waals surface area contributed by atoms with Gasteiger partial charge in [-0.05, 0) is 35.4 Å². The number of benzene rings is 2. The molecule has 0 unspecified atom stereocenters. The van der Waals surface area contributed by atoms with Crippen molar-refractivity contribution in [1.29, 1.82) is 0 Å². The van der Waals surface area contributed by atoms with Crippen LogP contribution in [0.5, 0.6) is 0 Å². The molecule has 3 rings (SSSR count). The molecule has 0 aliphatic carbocycles. The van der Waals surface area contributed by atoms with Gasteiger partial charge in [-0.3, -0.25) is 4.79 Å². The van der Waals surface area contributed by atoms with Crippen LogP contribution in [0.15, 0.2) is 47.6 Å². The third-order valence-electron chi connectivity index (χ3n) is 3.35. The van der Waals surface area contributed by atoms with E-state index in [9.17, 15) is 18.0 Å². The standard InChI is InChI=1S/C16H10ClF3N2O2/c17-11-5-6-12(13(7-11)16(18,19)20)9-1-3-10(4-2-9)15-22-21-14(23)8-24-15/h1-7H,8H2,(H,21,23). The number of carbonyl (C=O) groups is 1. The molecule has 8 heteroatoms. The molecule has 0 bridgehead atoms. The van der Waals surface area contributed by atoms with Crippen LogP contribution in [0.1, 0.15) is 11.1 Å². The van der Waals surface area contributed by atoms with Gasteiger partial charge in [-0.2, -0.15) is 13.2 Å². The molecule has 2 aromatic rings. The molecule has 1 heterocycles. The summed E-state index contributed by atoms with van der Waals surface area (Å²) in [6, 6.07) is 9.82. The molecule has 0 saturated carbocycles. The minimum absolute atomic E-state index is 0.0170. The van der Waals surface area contributed by atoms with Gasteiger partial charge in [0.1, 0.15) is 0 Å². The molecule has 1 aliphatic rings. The first-order valence-electron chi connectivity index (χ1n) is 6.81. The Bertz CT molecular complexity index is 817. The van der Waals surface area contributed by atoms with Crippen molar-refractivity contribution in [2.24, 2.45) is 5.10 Å². The molecule has 0 aromatic heterocycles. The largest absolute Gasteiger partial charge is 0.466 e. The third kappa shape index (κ3) is 3.35. The van der Waals surface area contributed by atoms with E-state index in [0.29, 0.717) is 11.1 Å². The Morgan fingerprint density at radius 1 is 1.08 bits per heavy atom. The summed E-state index contributed by atoms with van der Waals surface area (Å²) in [4.78, 5) is 11.0. The number of nitrogens with zero attached hydrogens (tertiary/aromatic N) is 1. The number of hydrogen-bond acceptors (Lipinski definition) is 3. The van der Waals surface area contributed by atoms with Crippen molar-refractivity contribution in [2.45, 2.75) is 6.18 Å². The van der Waals surface area contributed by atoms with Gasteiger partial charge in [-0.25, -0.2) is 5.43 Å². The minimum atomic E-state index is -4.51. The lowest BCUT2D eigenvalue weighted by atomic mass is 9.98. The van der Waals surface area contributed by atoms with E-state index < -0.39 is 11.7 Å². The van der Waals surface area contributed by atoms with E-state index in [-0.39, 0.29) is 29.0 Å². The summed E-state index contributed by atoms with van der Waals surface area (Å²) in [5, 5.41) is 3.77. The zero-order chi connectivity index (χ0) is 17.3. The van der Waals surface area contributed by atoms with Crippen LogP contribution in [0.2, 0.25) is 5.02 Å². The second kappa shape index (κ2) is 6.16. The van der Waals surface area contributed by atoms with Crippen molar-refractivity contribution in [3.05, 3.63) is 58.6 Å². The fraction of sp³-hybridized carbons (Fsp3) is 0.125. The van der Waals surface area contributed by atoms with Crippen LogP contribution in [-0.2, 0) is 15.7 Å². The second-order valence-corrected chi connectivity index (χ2v) is 5.44. The van der Waals surface area contributed by atoms with Crippen LogP contribution >= 0.6 is 11.6 Å². The fourth-order valence-corrected chi connectivity index (χ4v) is 2.43. The summed E-state index contributed by atoms with van der Waals surface area (Å²) in [6.45, 7) is -0.157. The van der Waals surface area contributed by atoms with Gasteiger partial charge in [0.2, 0.25) is 5.90 Å². The van der Waals surface area contributed by atoms with Crippen molar-refractivity contribution >= 4 is 23.4 Å². The first-order chi connectivity index (χ1) is 11.3. The molecule has 1 amide bonds. The number of nitrogens with one attached hydrogen (secondary N) is 1. The topological polar surface area (TPSA) is 50.7 Å². The Balaban J connectivity index is 1.96. The molecular formula is C16H10ClF3N2O2. The van der Waals surface area contributed by atoms with E-state index in [1.165, 1.54) is 24.3 Å². The molecule has 0 spiro atoms. The molecule has 124 valence electrons. The third-order valence-corrected chi connectivity index (χ3v) is 3.59. The van der Waals surface area contributed by atoms with Gasteiger partial charge in [0, 0.05) is 10.6 Å². The van der Waals surface area contributed by atoms with Gasteiger partial charge in [-0.15, -0.1) is 5.10 Å². The van der Waals surface area contributed by atoms with Crippen LogP contribution < -0.4 is 5.43 Å². The highest BCUT2D eigenvalue weighted by molar-refractivity contribution is 6.30. The molecule has 2 aromatic carbocycles. The molecule has 0 saturated heterocycles. The maximum absolute atomic E-state index is 13.2. The predicted molar refractivity (Wildman–Crippen MR) is 82.5 cm³/mol. The van der Waals surface area contributed by atoms with Crippen molar-refractivity contribution in [3.8, 4) is 11.1 Å². The zero-order valence-corrected chi connectivity index (χ0v) is 12.8. The highest BCUT2D eigenvalue weighted by atomic mass is 35.5. The van der Waals surface area contributed by atoms with E-state index >= 15 is 0 Å². The highest BCUT2D eigenvalue weighted by Crippen LogP contribution is 2.38. The fourth-order valence-electron chi connectivity index (χ4n) is 2.25. The van der Waals surface area contributed by atoms with Crippen LogP contribution in [0.25, 0.3) is 11.1 Å². The molecular weight excluding hydrogens is 345 g/mol. The lowest BCUT2D eigenvalue weighted by Gasteiger charge is -2.15. The lowest BCUT2D eigenvalue weighted by molar-refractivity contribution is -0.137. The van der Waals surface area contributed by atoms with Gasteiger partial charge < -0.3 is 4.74 Å². The minimum Gasteiger partial charge on any atom is -0.466 e. The number of ether oxygens (including phenoxy) is 1. The number of halogens is 4. The smallest absolute Gasteiger partial charge is 0.417 e. The van der Waals surface area contributed by atoms with Crippen LogP contribution in [0.4, 0.5) is 13.2 Å². The molecule has 0 radical (unpaired) electrons. The van der Waals surface area contributed by atoms with Gasteiger partial charge >= 0.3 is 6.18 Å². The van der Waals surface area contributed by atoms with Crippen molar-refractivity contribution in [2.75, 3.05) is 6.61 Å². The van der Waals surface area contributed by atoms with Crippen molar-refractivity contribution in [1.82, 2.24) is 5.43 Å². The molecule has 24 heavy (non-hydrogen) atoms. The second-order valence-electron chi connectivity index (χ2n) is 5.01. The van der Waals surface area contributed by atoms with E-state index in [2.05, 4.69) is 10.5 Å². The number of hydrazone groups is 1.